The lowest BCUT2D eigenvalue weighted by Crippen LogP contribution is -2.87. The van der Waals surface area contributed by atoms with Gasteiger partial charge >= 0.3 is 5.92 Å². The van der Waals surface area contributed by atoms with Crippen LogP contribution in [0.15, 0.2) is 53.7 Å². The second kappa shape index (κ2) is 17.0. The Balaban J connectivity index is 1.40. The molecule has 1 unspecified atom stereocenters. The van der Waals surface area contributed by atoms with Gasteiger partial charge in [0, 0.05) is 40.9 Å². The second-order valence-electron chi connectivity index (χ2n) is 16.4. The fourth-order valence-corrected chi connectivity index (χ4v) is 9.42. The Morgan fingerprint density at radius 3 is 2.31 bits per heavy atom. The number of nitrogens with two attached hydrogens (primary N) is 1. The van der Waals surface area contributed by atoms with Gasteiger partial charge in [0.25, 0.3) is 18.8 Å². The summed E-state index contributed by atoms with van der Waals surface area (Å²) in [5, 5.41) is 14.4. The molecule has 3 atom stereocenters. The molecule has 2 aromatic carbocycles. The number of benzene rings is 2. The van der Waals surface area contributed by atoms with E-state index < -0.39 is 121 Å². The highest BCUT2D eigenvalue weighted by Gasteiger charge is 2.68. The quantitative estimate of drug-likeness (QED) is 0.0590. The molecule has 0 aliphatic heterocycles. The van der Waals surface area contributed by atoms with Crippen LogP contribution in [-0.4, -0.2) is 84.8 Å². The van der Waals surface area contributed by atoms with Crippen LogP contribution in [-0.2, 0) is 37.6 Å². The molecule has 2 heterocycles. The van der Waals surface area contributed by atoms with Crippen molar-refractivity contribution >= 4 is 59.8 Å². The van der Waals surface area contributed by atoms with E-state index in [-0.39, 0.29) is 56.2 Å². The topological polar surface area (TPSA) is 181 Å². The molecule has 0 bridgehead atoms. The molecule has 5 N–H and O–H groups in total. The van der Waals surface area contributed by atoms with Crippen molar-refractivity contribution in [2.24, 2.45) is 11.8 Å². The van der Waals surface area contributed by atoms with E-state index >= 15 is 8.78 Å². The van der Waals surface area contributed by atoms with E-state index in [2.05, 4.69) is 32.0 Å². The van der Waals surface area contributed by atoms with Crippen molar-refractivity contribution in [3.8, 4) is 23.0 Å². The SMILES string of the molecule is CC(C)(C#Cc1ccc(-c2ccc(Cl)c3c(NS(=O)(=O)C4CC4)nn(CC(F)F)c23)c(C(Cc2cc(F)cc(F)c2)NC(=O)C[NH2+]C2=C(C(=N)C(F)F)[C@H]3C[C@H]3C2(F)F)n1)S(C)(=O)=O. The van der Waals surface area contributed by atoms with Crippen LogP contribution in [0, 0.1) is 40.7 Å². The second-order valence-corrected chi connectivity index (χ2v) is 21.3. The van der Waals surface area contributed by atoms with E-state index in [4.69, 9.17) is 17.0 Å². The van der Waals surface area contributed by atoms with Gasteiger partial charge in [0.1, 0.15) is 34.3 Å². The lowest BCUT2D eigenvalue weighted by molar-refractivity contribution is -0.609. The highest BCUT2D eigenvalue weighted by atomic mass is 35.5. The van der Waals surface area contributed by atoms with Crippen molar-refractivity contribution in [1.82, 2.24) is 20.1 Å². The normalized spacial score (nSPS) is 18.8. The maximum Gasteiger partial charge on any atom is 0.323 e. The summed E-state index contributed by atoms with van der Waals surface area (Å²) in [4.78, 5) is 18.5. The van der Waals surface area contributed by atoms with Crippen molar-refractivity contribution in [3.05, 3.63) is 87.3 Å². The average molecular weight is 961 g/mol. The maximum atomic E-state index is 15.4. The minimum Gasteiger partial charge on any atom is -0.342 e. The minimum absolute atomic E-state index is 0.00514. The molecule has 0 saturated heterocycles. The van der Waals surface area contributed by atoms with E-state index in [0.29, 0.717) is 18.9 Å². The zero-order valence-corrected chi connectivity index (χ0v) is 36.3. The molecule has 2 fully saturated rings. The van der Waals surface area contributed by atoms with E-state index in [9.17, 15) is 48.0 Å². The monoisotopic (exact) mass is 960 g/mol. The molecule has 1 amide bonds. The summed E-state index contributed by atoms with van der Waals surface area (Å²) in [7, 11) is -7.82. The Labute approximate surface area is 366 Å². The number of rotatable bonds is 16. The number of halogens is 9. The van der Waals surface area contributed by atoms with Crippen molar-refractivity contribution in [1.29, 1.82) is 5.41 Å². The lowest BCUT2D eigenvalue weighted by atomic mass is 9.93. The zero-order chi connectivity index (χ0) is 46.8. The molecule has 0 spiro atoms. The Hall–Kier alpha value is -5.11. The van der Waals surface area contributed by atoms with Crippen LogP contribution in [0.4, 0.5) is 40.9 Å². The van der Waals surface area contributed by atoms with Gasteiger partial charge in [-0.15, -0.1) is 0 Å². The number of sulfone groups is 1. The predicted molar refractivity (Wildman–Crippen MR) is 220 cm³/mol. The van der Waals surface area contributed by atoms with E-state index in [1.54, 1.807) is 0 Å². The molecule has 3 aliphatic carbocycles. The zero-order valence-electron chi connectivity index (χ0n) is 33.9. The van der Waals surface area contributed by atoms with Gasteiger partial charge in [-0.25, -0.2) is 48.2 Å². The molecule has 23 heteroatoms. The van der Waals surface area contributed by atoms with Gasteiger partial charge in [0.05, 0.1) is 32.9 Å². The molecule has 2 aromatic heterocycles. The highest BCUT2D eigenvalue weighted by molar-refractivity contribution is 7.93. The first kappa shape index (κ1) is 46.9. The summed E-state index contributed by atoms with van der Waals surface area (Å²) in [5.74, 6) is -4.11. The number of hydrogen-bond acceptors (Lipinski definition) is 8. The van der Waals surface area contributed by atoms with Gasteiger partial charge in [-0.3, -0.25) is 19.6 Å². The molecule has 64 heavy (non-hydrogen) atoms. The maximum absolute atomic E-state index is 15.4. The third-order valence-corrected chi connectivity index (χ3v) is 15.4. The number of allylic oxidation sites excluding steroid dienone is 2. The number of carbonyl (C=O) groups excluding carboxylic acids is 1. The van der Waals surface area contributed by atoms with Gasteiger partial charge in [-0.2, -0.15) is 13.9 Å². The lowest BCUT2D eigenvalue weighted by Gasteiger charge is -2.23. The van der Waals surface area contributed by atoms with Gasteiger partial charge in [0.2, 0.25) is 10.0 Å². The summed E-state index contributed by atoms with van der Waals surface area (Å²) < 4.78 is 168. The fourth-order valence-electron chi connectivity index (χ4n) is 7.60. The molecule has 4 aromatic rings. The third-order valence-electron chi connectivity index (χ3n) is 11.3. The van der Waals surface area contributed by atoms with E-state index in [1.165, 1.54) is 38.1 Å². The first-order valence-electron chi connectivity index (χ1n) is 19.6. The summed E-state index contributed by atoms with van der Waals surface area (Å²) >= 11 is 6.61. The summed E-state index contributed by atoms with van der Waals surface area (Å²) in [6, 6.07) is 6.30. The number of fused-ring (bicyclic) bond motifs is 2. The van der Waals surface area contributed by atoms with Crippen molar-refractivity contribution < 1.29 is 62.1 Å². The Bertz CT molecular complexity index is 2890. The number of hydrogen-bond donors (Lipinski definition) is 4. The highest BCUT2D eigenvalue weighted by Crippen LogP contribution is 2.61. The number of anilines is 1. The Kier molecular flexibility index (Phi) is 12.5. The molecule has 342 valence electrons. The van der Waals surface area contributed by atoms with Gasteiger partial charge in [-0.05, 0) is 81.3 Å². The van der Waals surface area contributed by atoms with Crippen molar-refractivity contribution in [3.63, 3.8) is 0 Å². The molecule has 12 nitrogen and oxygen atoms in total. The van der Waals surface area contributed by atoms with Crippen LogP contribution in [0.25, 0.3) is 22.0 Å². The first-order valence-corrected chi connectivity index (χ1v) is 23.4. The van der Waals surface area contributed by atoms with Gasteiger partial charge < -0.3 is 10.6 Å². The number of nitrogens with zero attached hydrogens (tertiary/aromatic N) is 3. The largest absolute Gasteiger partial charge is 0.342 e. The summed E-state index contributed by atoms with van der Waals surface area (Å²) in [6.45, 7) is 0.709. The number of amides is 1. The van der Waals surface area contributed by atoms with Crippen molar-refractivity contribution in [2.75, 3.05) is 17.5 Å². The van der Waals surface area contributed by atoms with Crippen LogP contribution in [0.2, 0.25) is 5.02 Å². The summed E-state index contributed by atoms with van der Waals surface area (Å²) in [5.41, 5.74) is -3.25. The van der Waals surface area contributed by atoms with Crippen LogP contribution in [0.5, 0.6) is 0 Å². The number of quaternary nitrogens is 1. The number of nitrogens with one attached hydrogen (secondary N) is 3. The molecule has 3 aliphatic rings. The fraction of sp³-hybridized carbons (Fsp3) is 0.415. The number of pyridine rings is 1. The van der Waals surface area contributed by atoms with E-state index in [1.807, 2.05) is 0 Å². The average Bonchev–Trinajstić information content (AvgIpc) is 4.11. The van der Waals surface area contributed by atoms with Gasteiger partial charge in [0.15, 0.2) is 27.9 Å². The first-order chi connectivity index (χ1) is 29.8. The van der Waals surface area contributed by atoms with Crippen LogP contribution >= 0.6 is 11.6 Å². The summed E-state index contributed by atoms with van der Waals surface area (Å²) in [6.07, 6.45) is -5.38. The van der Waals surface area contributed by atoms with Gasteiger partial charge in [-0.1, -0.05) is 23.6 Å². The Morgan fingerprint density at radius 1 is 1.05 bits per heavy atom. The molecule has 0 radical (unpaired) electrons. The number of aromatic nitrogens is 3. The number of sulfonamides is 1. The molecular weight excluding hydrogens is 922 g/mol. The van der Waals surface area contributed by atoms with Crippen molar-refractivity contribution in [2.45, 2.75) is 80.9 Å². The van der Waals surface area contributed by atoms with Crippen LogP contribution < -0.4 is 15.4 Å². The number of alkyl halides is 6. The van der Waals surface area contributed by atoms with Crippen LogP contribution in [0.1, 0.15) is 56.1 Å². The van der Waals surface area contributed by atoms with E-state index in [0.717, 1.165) is 28.4 Å². The molecule has 2 saturated carbocycles. The minimum atomic E-state index is -4.04. The Morgan fingerprint density at radius 2 is 1.70 bits per heavy atom. The third kappa shape index (κ3) is 9.48. The predicted octanol–water partition coefficient (Wildman–Crippen LogP) is 6.16. The smallest absolute Gasteiger partial charge is 0.323 e. The molecular formula is C41H39ClF8N7O5S2+. The molecule has 7 rings (SSSR count). The number of carbonyl (C=O) groups is 1. The van der Waals surface area contributed by atoms with Crippen LogP contribution in [0.3, 0.4) is 0 Å². The standard InChI is InChI=1S/C41H38ClF8N7O5S2/c1-40(2,63(3,59)60)11-10-22-4-7-24(25-8-9-28(42)33-36(25)57(18-30(45)46)55-39(33)56-64(61,62)23-5-6-23)35(53-22)29(14-19-12-20(43)15-21(44)13-19)54-31(58)17-52-37-32(34(51)38(47)48)26-16-27(26)41(37,49)50/h4,7-9,12-13,15,23,26-27,29-30,38,51-52H,5-6,14,16-18H2,1-3H3,(H,54,58)(H,55,56)/p+1/t26-,27+,29?/m0/s1.